The van der Waals surface area contributed by atoms with Crippen molar-refractivity contribution >= 4 is 37.4 Å². The van der Waals surface area contributed by atoms with E-state index in [0.29, 0.717) is 19.6 Å². The fourth-order valence-corrected chi connectivity index (χ4v) is 5.69. The van der Waals surface area contributed by atoms with E-state index in [1.165, 1.54) is 28.5 Å². The molecule has 0 spiro atoms. The fourth-order valence-electron chi connectivity index (χ4n) is 3.59. The summed E-state index contributed by atoms with van der Waals surface area (Å²) in [6, 6.07) is 0. The number of nitrogens with zero attached hydrogens (tertiary/aromatic N) is 4. The van der Waals surface area contributed by atoms with Crippen molar-refractivity contribution in [2.45, 2.75) is 25.7 Å². The van der Waals surface area contributed by atoms with E-state index in [-0.39, 0.29) is 0 Å². The highest BCUT2D eigenvalue weighted by molar-refractivity contribution is 7.88. The van der Waals surface area contributed by atoms with Crippen molar-refractivity contribution in [2.75, 3.05) is 37.3 Å². The number of aryl methyl sites for hydroxylation is 2. The minimum Gasteiger partial charge on any atom is -0.355 e. The lowest BCUT2D eigenvalue weighted by Gasteiger charge is -2.22. The number of hydrogen-bond acceptors (Lipinski definition) is 6. The van der Waals surface area contributed by atoms with E-state index in [9.17, 15) is 8.42 Å². The number of fused-ring (bicyclic) bond motifs is 3. The standard InChI is InChI=1S/C15H20N4O2S2/c1-23(20,21)19-7-3-6-18(8-9-19)14-13-11-4-2-5-12(11)22-15(13)17-10-16-14/h10H,2-9H2,1H3. The average molecular weight is 352 g/mol. The molecule has 0 bridgehead atoms. The summed E-state index contributed by atoms with van der Waals surface area (Å²) in [6.07, 6.45) is 7.23. The number of hydrogen-bond donors (Lipinski definition) is 0. The van der Waals surface area contributed by atoms with Crippen LogP contribution in [0.5, 0.6) is 0 Å². The lowest BCUT2D eigenvalue weighted by Crippen LogP contribution is -2.34. The Bertz CT molecular complexity index is 847. The van der Waals surface area contributed by atoms with Gasteiger partial charge < -0.3 is 4.90 Å². The Morgan fingerprint density at radius 3 is 2.78 bits per heavy atom. The minimum absolute atomic E-state index is 0.524. The SMILES string of the molecule is CS(=O)(=O)N1CCCN(c2ncnc3sc4c(c23)CCC4)CC1. The number of anilines is 1. The Morgan fingerprint density at radius 2 is 1.96 bits per heavy atom. The first-order valence-corrected chi connectivity index (χ1v) is 10.7. The van der Waals surface area contributed by atoms with Crippen molar-refractivity contribution in [3.63, 3.8) is 0 Å². The quantitative estimate of drug-likeness (QED) is 0.822. The van der Waals surface area contributed by atoms with Crippen LogP contribution in [0, 0.1) is 0 Å². The van der Waals surface area contributed by atoms with Crippen LogP contribution in [0.25, 0.3) is 10.2 Å². The molecule has 0 amide bonds. The summed E-state index contributed by atoms with van der Waals surface area (Å²) in [5, 5.41) is 1.21. The smallest absolute Gasteiger partial charge is 0.211 e. The highest BCUT2D eigenvalue weighted by atomic mass is 32.2. The van der Waals surface area contributed by atoms with E-state index in [1.807, 2.05) is 0 Å². The average Bonchev–Trinajstić information content (AvgIpc) is 2.97. The van der Waals surface area contributed by atoms with Gasteiger partial charge in [-0.1, -0.05) is 0 Å². The van der Waals surface area contributed by atoms with E-state index >= 15 is 0 Å². The summed E-state index contributed by atoms with van der Waals surface area (Å²) >= 11 is 1.79. The first-order chi connectivity index (χ1) is 11.0. The van der Waals surface area contributed by atoms with E-state index < -0.39 is 10.0 Å². The first kappa shape index (κ1) is 15.3. The number of thiophene rings is 1. The summed E-state index contributed by atoms with van der Waals surface area (Å²) in [6.45, 7) is 2.63. The van der Waals surface area contributed by atoms with Crippen molar-refractivity contribution in [1.82, 2.24) is 14.3 Å². The van der Waals surface area contributed by atoms with Gasteiger partial charge in [0.05, 0.1) is 11.6 Å². The van der Waals surface area contributed by atoms with Crippen LogP contribution in [0.4, 0.5) is 5.82 Å². The Hall–Kier alpha value is -1.25. The molecule has 2 aromatic heterocycles. The van der Waals surface area contributed by atoms with Gasteiger partial charge in [-0.25, -0.2) is 22.7 Å². The van der Waals surface area contributed by atoms with Gasteiger partial charge in [0, 0.05) is 31.1 Å². The molecular weight excluding hydrogens is 332 g/mol. The molecule has 4 rings (SSSR count). The normalized spacial score (nSPS) is 20.0. The fraction of sp³-hybridized carbons (Fsp3) is 0.600. The van der Waals surface area contributed by atoms with Crippen LogP contribution in [-0.2, 0) is 22.9 Å². The molecule has 1 saturated heterocycles. The molecule has 1 fully saturated rings. The molecule has 0 radical (unpaired) electrons. The van der Waals surface area contributed by atoms with Crippen molar-refractivity contribution in [1.29, 1.82) is 0 Å². The van der Waals surface area contributed by atoms with E-state index in [2.05, 4.69) is 14.9 Å². The van der Waals surface area contributed by atoms with Gasteiger partial charge in [-0.3, -0.25) is 0 Å². The molecule has 0 saturated carbocycles. The number of rotatable bonds is 2. The maximum absolute atomic E-state index is 11.8. The summed E-state index contributed by atoms with van der Waals surface area (Å²) in [5.74, 6) is 0.991. The Balaban J connectivity index is 1.70. The lowest BCUT2D eigenvalue weighted by atomic mass is 10.2. The molecule has 0 N–H and O–H groups in total. The van der Waals surface area contributed by atoms with Crippen molar-refractivity contribution in [2.24, 2.45) is 0 Å². The zero-order valence-electron chi connectivity index (χ0n) is 13.2. The monoisotopic (exact) mass is 352 g/mol. The number of sulfonamides is 1. The topological polar surface area (TPSA) is 66.4 Å². The summed E-state index contributed by atoms with van der Waals surface area (Å²) in [4.78, 5) is 13.8. The van der Waals surface area contributed by atoms with Gasteiger partial charge in [-0.05, 0) is 31.2 Å². The third kappa shape index (κ3) is 2.72. The molecule has 23 heavy (non-hydrogen) atoms. The van der Waals surface area contributed by atoms with Crippen LogP contribution in [-0.4, -0.2) is 55.1 Å². The molecular formula is C15H20N4O2S2. The van der Waals surface area contributed by atoms with Gasteiger partial charge in [0.25, 0.3) is 0 Å². The maximum Gasteiger partial charge on any atom is 0.211 e. The van der Waals surface area contributed by atoms with Crippen molar-refractivity contribution in [3.05, 3.63) is 16.8 Å². The van der Waals surface area contributed by atoms with Crippen LogP contribution in [0.2, 0.25) is 0 Å². The Kier molecular flexibility index (Phi) is 3.78. The van der Waals surface area contributed by atoms with Gasteiger partial charge in [0.2, 0.25) is 10.0 Å². The van der Waals surface area contributed by atoms with Gasteiger partial charge in [-0.15, -0.1) is 11.3 Å². The zero-order valence-corrected chi connectivity index (χ0v) is 14.8. The predicted octanol–water partition coefficient (Wildman–Crippen LogP) is 1.65. The Morgan fingerprint density at radius 1 is 1.09 bits per heavy atom. The van der Waals surface area contributed by atoms with Crippen LogP contribution in [0.3, 0.4) is 0 Å². The highest BCUT2D eigenvalue weighted by Gasteiger charge is 2.26. The highest BCUT2D eigenvalue weighted by Crippen LogP contribution is 2.40. The second kappa shape index (κ2) is 5.68. The third-order valence-electron chi connectivity index (χ3n) is 4.70. The minimum atomic E-state index is -3.12. The maximum atomic E-state index is 11.8. The van der Waals surface area contributed by atoms with Crippen LogP contribution < -0.4 is 4.90 Å². The molecule has 8 heteroatoms. The van der Waals surface area contributed by atoms with Gasteiger partial charge in [0.15, 0.2) is 0 Å². The molecule has 0 aromatic carbocycles. The Labute approximate surface area is 140 Å². The number of aromatic nitrogens is 2. The third-order valence-corrected chi connectivity index (χ3v) is 7.21. The van der Waals surface area contributed by atoms with E-state index in [1.54, 1.807) is 22.0 Å². The predicted molar refractivity (Wildman–Crippen MR) is 92.7 cm³/mol. The molecule has 1 aliphatic carbocycles. The largest absolute Gasteiger partial charge is 0.355 e. The van der Waals surface area contributed by atoms with E-state index in [4.69, 9.17) is 0 Å². The molecule has 0 unspecified atom stereocenters. The molecule has 0 atom stereocenters. The summed E-state index contributed by atoms with van der Waals surface area (Å²) in [7, 11) is -3.12. The molecule has 2 aromatic rings. The van der Waals surface area contributed by atoms with Gasteiger partial charge >= 0.3 is 0 Å². The van der Waals surface area contributed by atoms with Crippen molar-refractivity contribution in [3.8, 4) is 0 Å². The van der Waals surface area contributed by atoms with Gasteiger partial charge in [-0.2, -0.15) is 0 Å². The van der Waals surface area contributed by atoms with Crippen molar-refractivity contribution < 1.29 is 8.42 Å². The molecule has 2 aliphatic rings. The molecule has 6 nitrogen and oxygen atoms in total. The van der Waals surface area contributed by atoms with Crippen LogP contribution >= 0.6 is 11.3 Å². The van der Waals surface area contributed by atoms with Crippen LogP contribution in [0.15, 0.2) is 6.33 Å². The van der Waals surface area contributed by atoms with E-state index in [0.717, 1.165) is 36.5 Å². The summed E-state index contributed by atoms with van der Waals surface area (Å²) < 4.78 is 25.2. The molecule has 124 valence electrons. The zero-order chi connectivity index (χ0) is 16.0. The summed E-state index contributed by atoms with van der Waals surface area (Å²) in [5.41, 5.74) is 1.42. The van der Waals surface area contributed by atoms with Gasteiger partial charge in [0.1, 0.15) is 17.0 Å². The van der Waals surface area contributed by atoms with Crippen LogP contribution in [0.1, 0.15) is 23.3 Å². The first-order valence-electron chi connectivity index (χ1n) is 7.99. The second-order valence-electron chi connectivity index (χ2n) is 6.24. The molecule has 3 heterocycles. The lowest BCUT2D eigenvalue weighted by molar-refractivity contribution is 0.437. The second-order valence-corrected chi connectivity index (χ2v) is 9.30. The molecule has 1 aliphatic heterocycles.